The molecular weight excluding hydrogens is 316 g/mol. The lowest BCUT2D eigenvalue weighted by molar-refractivity contribution is -0.134. The zero-order valence-corrected chi connectivity index (χ0v) is 14.8. The van der Waals surface area contributed by atoms with Crippen LogP contribution in [0.15, 0.2) is 42.9 Å². The van der Waals surface area contributed by atoms with Crippen LogP contribution >= 0.6 is 0 Å². The summed E-state index contributed by atoms with van der Waals surface area (Å²) in [7, 11) is 3.97. The second kappa shape index (κ2) is 7.96. The first-order valence-corrected chi connectivity index (χ1v) is 8.57. The summed E-state index contributed by atoms with van der Waals surface area (Å²) in [6.07, 6.45) is 7.23. The van der Waals surface area contributed by atoms with E-state index < -0.39 is 0 Å². The molecule has 0 bridgehead atoms. The zero-order valence-electron chi connectivity index (χ0n) is 14.8. The van der Waals surface area contributed by atoms with Crippen LogP contribution in [0.3, 0.4) is 0 Å². The molecule has 3 rings (SSSR count). The van der Waals surface area contributed by atoms with E-state index in [1.807, 2.05) is 30.1 Å². The second-order valence-corrected chi connectivity index (χ2v) is 6.50. The molecule has 3 heterocycles. The van der Waals surface area contributed by atoms with Gasteiger partial charge >= 0.3 is 0 Å². The van der Waals surface area contributed by atoms with Crippen LogP contribution in [0.1, 0.15) is 24.3 Å². The third-order valence-corrected chi connectivity index (χ3v) is 4.47. The van der Waals surface area contributed by atoms with E-state index in [1.165, 1.54) is 5.56 Å². The van der Waals surface area contributed by atoms with Crippen molar-refractivity contribution in [3.8, 4) is 5.75 Å². The average molecular weight is 340 g/mol. The number of hydrogen-bond donors (Lipinski definition) is 0. The first-order chi connectivity index (χ1) is 12.1. The van der Waals surface area contributed by atoms with E-state index in [0.29, 0.717) is 11.7 Å². The minimum atomic E-state index is 0.0236. The Labute approximate surface area is 148 Å². The topological polar surface area (TPSA) is 58.6 Å². The molecule has 132 valence electrons. The van der Waals surface area contributed by atoms with E-state index in [4.69, 9.17) is 4.74 Å². The van der Waals surface area contributed by atoms with Gasteiger partial charge in [-0.1, -0.05) is 0 Å². The van der Waals surface area contributed by atoms with Gasteiger partial charge in [0.25, 0.3) is 5.91 Å². The average Bonchev–Trinajstić information content (AvgIpc) is 2.67. The minimum absolute atomic E-state index is 0.0236. The van der Waals surface area contributed by atoms with Crippen LogP contribution in [0.2, 0.25) is 0 Å². The Bertz CT molecular complexity index is 706. The van der Waals surface area contributed by atoms with Gasteiger partial charge in [0.05, 0.1) is 6.20 Å². The van der Waals surface area contributed by atoms with Crippen LogP contribution in [0.5, 0.6) is 5.75 Å². The van der Waals surface area contributed by atoms with Gasteiger partial charge in [-0.05, 0) is 42.7 Å². The quantitative estimate of drug-likeness (QED) is 0.836. The number of hydrogen-bond acceptors (Lipinski definition) is 5. The minimum Gasteiger partial charge on any atom is -0.482 e. The zero-order chi connectivity index (χ0) is 17.6. The van der Waals surface area contributed by atoms with Crippen LogP contribution in [0.4, 0.5) is 5.82 Å². The molecule has 0 aromatic carbocycles. The predicted octanol–water partition coefficient (Wildman–Crippen LogP) is 2.33. The maximum Gasteiger partial charge on any atom is 0.260 e. The third-order valence-electron chi connectivity index (χ3n) is 4.47. The number of aromatic nitrogens is 2. The Hall–Kier alpha value is -2.63. The van der Waals surface area contributed by atoms with Gasteiger partial charge in [-0.2, -0.15) is 0 Å². The number of carbonyl (C=O) groups excluding carboxylic acids is 1. The summed E-state index contributed by atoms with van der Waals surface area (Å²) in [4.78, 5) is 24.7. The molecule has 1 aliphatic heterocycles. The highest BCUT2D eigenvalue weighted by Crippen LogP contribution is 2.28. The standard InChI is InChI=1S/C19H24N4O2/c1-22(2)18-11-15(7-9-21-18)16-5-4-10-23(13-16)19(24)14-25-17-6-3-8-20-12-17/h3,6-9,11-12,16H,4-5,10,13-14H2,1-2H3/t16-/m0/s1. The molecule has 1 aliphatic rings. The molecule has 0 spiro atoms. The van der Waals surface area contributed by atoms with Gasteiger partial charge in [0.1, 0.15) is 11.6 Å². The largest absolute Gasteiger partial charge is 0.482 e. The summed E-state index contributed by atoms with van der Waals surface area (Å²) in [6.45, 7) is 1.57. The first kappa shape index (κ1) is 17.2. The molecule has 0 saturated carbocycles. The molecule has 0 radical (unpaired) electrons. The SMILES string of the molecule is CN(C)c1cc([C@H]2CCCN(C(=O)COc3cccnc3)C2)ccn1. The molecular formula is C19H24N4O2. The maximum atomic E-state index is 12.5. The van der Waals surface area contributed by atoms with Crippen LogP contribution < -0.4 is 9.64 Å². The molecule has 2 aromatic heterocycles. The van der Waals surface area contributed by atoms with Gasteiger partial charge in [-0.15, -0.1) is 0 Å². The van der Waals surface area contributed by atoms with Crippen molar-refractivity contribution in [1.29, 1.82) is 0 Å². The second-order valence-electron chi connectivity index (χ2n) is 6.50. The summed E-state index contributed by atoms with van der Waals surface area (Å²) >= 11 is 0. The third kappa shape index (κ3) is 4.47. The van der Waals surface area contributed by atoms with Crippen molar-refractivity contribution in [2.45, 2.75) is 18.8 Å². The summed E-state index contributed by atoms with van der Waals surface area (Å²) in [5.74, 6) is 1.93. The summed E-state index contributed by atoms with van der Waals surface area (Å²) in [5.41, 5.74) is 1.24. The molecule has 2 aromatic rings. The summed E-state index contributed by atoms with van der Waals surface area (Å²) in [6, 6.07) is 7.77. The van der Waals surface area contributed by atoms with Crippen molar-refractivity contribution in [3.63, 3.8) is 0 Å². The molecule has 25 heavy (non-hydrogen) atoms. The van der Waals surface area contributed by atoms with E-state index in [-0.39, 0.29) is 12.5 Å². The van der Waals surface area contributed by atoms with Crippen LogP contribution in [0.25, 0.3) is 0 Å². The molecule has 0 aliphatic carbocycles. The van der Waals surface area contributed by atoms with E-state index in [0.717, 1.165) is 31.7 Å². The van der Waals surface area contributed by atoms with Crippen molar-refractivity contribution < 1.29 is 9.53 Å². The fraction of sp³-hybridized carbons (Fsp3) is 0.421. The Morgan fingerprint density at radius 3 is 3.00 bits per heavy atom. The van der Waals surface area contributed by atoms with E-state index in [2.05, 4.69) is 22.1 Å². The lowest BCUT2D eigenvalue weighted by Crippen LogP contribution is -2.41. The number of likely N-dealkylation sites (tertiary alicyclic amines) is 1. The predicted molar refractivity (Wildman–Crippen MR) is 96.9 cm³/mol. The highest BCUT2D eigenvalue weighted by atomic mass is 16.5. The first-order valence-electron chi connectivity index (χ1n) is 8.57. The molecule has 1 amide bonds. The van der Waals surface area contributed by atoms with E-state index >= 15 is 0 Å². The Morgan fingerprint density at radius 2 is 2.24 bits per heavy atom. The molecule has 1 atom stereocenters. The van der Waals surface area contributed by atoms with Crippen LogP contribution in [0, 0.1) is 0 Å². The van der Waals surface area contributed by atoms with Crippen molar-refractivity contribution >= 4 is 11.7 Å². The molecule has 0 N–H and O–H groups in total. The molecule has 6 nitrogen and oxygen atoms in total. The van der Waals surface area contributed by atoms with Gasteiger partial charge in [0.2, 0.25) is 0 Å². The maximum absolute atomic E-state index is 12.5. The van der Waals surface area contributed by atoms with Gasteiger partial charge in [0.15, 0.2) is 6.61 Å². The van der Waals surface area contributed by atoms with Gasteiger partial charge in [-0.25, -0.2) is 4.98 Å². The van der Waals surface area contributed by atoms with Crippen molar-refractivity contribution in [2.75, 3.05) is 38.7 Å². The van der Waals surface area contributed by atoms with Crippen molar-refractivity contribution in [3.05, 3.63) is 48.4 Å². The Morgan fingerprint density at radius 1 is 1.36 bits per heavy atom. The number of nitrogens with zero attached hydrogens (tertiary/aromatic N) is 4. The molecule has 1 saturated heterocycles. The number of pyridine rings is 2. The fourth-order valence-electron chi connectivity index (χ4n) is 3.08. The summed E-state index contributed by atoms with van der Waals surface area (Å²) < 4.78 is 5.54. The number of piperidine rings is 1. The van der Waals surface area contributed by atoms with Crippen LogP contribution in [-0.4, -0.2) is 54.6 Å². The highest BCUT2D eigenvalue weighted by Gasteiger charge is 2.25. The van der Waals surface area contributed by atoms with E-state index in [9.17, 15) is 4.79 Å². The smallest absolute Gasteiger partial charge is 0.260 e. The Kier molecular flexibility index (Phi) is 5.48. The summed E-state index contributed by atoms with van der Waals surface area (Å²) in [5, 5.41) is 0. The van der Waals surface area contributed by atoms with E-state index in [1.54, 1.807) is 24.5 Å². The number of anilines is 1. The number of amides is 1. The lowest BCUT2D eigenvalue weighted by Gasteiger charge is -2.33. The normalized spacial score (nSPS) is 17.2. The molecule has 6 heteroatoms. The monoisotopic (exact) mass is 340 g/mol. The van der Waals surface area contributed by atoms with Gasteiger partial charge in [0, 0.05) is 45.5 Å². The number of carbonyl (C=O) groups is 1. The lowest BCUT2D eigenvalue weighted by atomic mass is 9.91. The fourth-order valence-corrected chi connectivity index (χ4v) is 3.08. The van der Waals surface area contributed by atoms with Gasteiger partial charge in [-0.3, -0.25) is 9.78 Å². The molecule has 1 fully saturated rings. The molecule has 0 unspecified atom stereocenters. The van der Waals surface area contributed by atoms with Crippen molar-refractivity contribution in [2.24, 2.45) is 0 Å². The van der Waals surface area contributed by atoms with Gasteiger partial charge < -0.3 is 14.5 Å². The number of ether oxygens (including phenoxy) is 1. The van der Waals surface area contributed by atoms with Crippen LogP contribution in [-0.2, 0) is 4.79 Å². The highest BCUT2D eigenvalue weighted by molar-refractivity contribution is 5.78. The van der Waals surface area contributed by atoms with Crippen molar-refractivity contribution in [1.82, 2.24) is 14.9 Å². The Balaban J connectivity index is 1.60. The number of rotatable bonds is 5.